The van der Waals surface area contributed by atoms with Crippen LogP contribution in [0, 0.1) is 0 Å². The molecule has 0 aliphatic heterocycles. The van der Waals surface area contributed by atoms with E-state index in [1.165, 1.54) is 0 Å². The lowest BCUT2D eigenvalue weighted by molar-refractivity contribution is 0.225. The molecule has 25 heavy (non-hydrogen) atoms. The molecule has 2 rings (SSSR count). The predicted molar refractivity (Wildman–Crippen MR) is 103 cm³/mol. The average Bonchev–Trinajstić information content (AvgIpc) is 2.60. The zero-order valence-corrected chi connectivity index (χ0v) is 15.4. The summed E-state index contributed by atoms with van der Waals surface area (Å²) in [6, 6.07) is 14.9. The van der Waals surface area contributed by atoms with Gasteiger partial charge in [0, 0.05) is 5.69 Å². The van der Waals surface area contributed by atoms with Crippen LogP contribution in [0.1, 0.15) is 62.3 Å². The molecule has 0 fully saturated rings. The summed E-state index contributed by atoms with van der Waals surface area (Å²) >= 11 is 0. The summed E-state index contributed by atoms with van der Waals surface area (Å²) in [4.78, 5) is 12.6. The second kappa shape index (κ2) is 8.67. The van der Waals surface area contributed by atoms with E-state index in [0.29, 0.717) is 11.8 Å². The first-order valence-electron chi connectivity index (χ1n) is 8.80. The van der Waals surface area contributed by atoms with E-state index in [0.717, 1.165) is 22.4 Å². The van der Waals surface area contributed by atoms with E-state index in [1.54, 1.807) is 0 Å². The Kier molecular flexibility index (Phi) is 6.59. The summed E-state index contributed by atoms with van der Waals surface area (Å²) in [6.45, 7) is 8.30. The maximum absolute atomic E-state index is 12.6. The molecule has 2 aromatic carbocycles. The van der Waals surface area contributed by atoms with Gasteiger partial charge in [0.05, 0.1) is 12.6 Å². The number of nitrogens with one attached hydrogen (secondary N) is 2. The van der Waals surface area contributed by atoms with Gasteiger partial charge in [-0.25, -0.2) is 4.79 Å². The van der Waals surface area contributed by atoms with Crippen LogP contribution in [-0.4, -0.2) is 17.7 Å². The highest BCUT2D eigenvalue weighted by atomic mass is 16.3. The van der Waals surface area contributed by atoms with Crippen LogP contribution < -0.4 is 10.6 Å². The molecule has 0 aliphatic rings. The molecule has 3 N–H and O–H groups in total. The third-order valence-corrected chi connectivity index (χ3v) is 4.30. The van der Waals surface area contributed by atoms with E-state index < -0.39 is 6.04 Å². The number of aliphatic hydroxyl groups is 1. The Balaban J connectivity index is 2.22. The third kappa shape index (κ3) is 4.83. The van der Waals surface area contributed by atoms with Gasteiger partial charge in [-0.2, -0.15) is 0 Å². The maximum Gasteiger partial charge on any atom is 0.319 e. The predicted octanol–water partition coefficient (Wildman–Crippen LogP) is 4.79. The first-order valence-corrected chi connectivity index (χ1v) is 8.80. The van der Waals surface area contributed by atoms with Gasteiger partial charge in [-0.1, -0.05) is 76.2 Å². The Morgan fingerprint density at radius 3 is 1.96 bits per heavy atom. The van der Waals surface area contributed by atoms with Crippen molar-refractivity contribution in [2.75, 3.05) is 11.9 Å². The standard InChI is InChI=1S/C21H28N2O2/c1-14(2)17-11-8-12-18(15(3)4)20(17)23-21(25)22-19(13-24)16-9-6-5-7-10-16/h5-12,14-15,19,24H,13H2,1-4H3,(H2,22,23,25). The van der Waals surface area contributed by atoms with E-state index in [2.05, 4.69) is 38.3 Å². The fraction of sp³-hybridized carbons (Fsp3) is 0.381. The third-order valence-electron chi connectivity index (χ3n) is 4.30. The number of hydrogen-bond acceptors (Lipinski definition) is 2. The summed E-state index contributed by atoms with van der Waals surface area (Å²) in [5.74, 6) is 0.605. The van der Waals surface area contributed by atoms with Gasteiger partial charge in [0.25, 0.3) is 0 Å². The molecule has 0 radical (unpaired) electrons. The number of hydrogen-bond donors (Lipinski definition) is 3. The Morgan fingerprint density at radius 1 is 0.920 bits per heavy atom. The Bertz CT molecular complexity index is 670. The minimum absolute atomic E-state index is 0.152. The molecular weight excluding hydrogens is 312 g/mol. The molecule has 1 atom stereocenters. The number of rotatable bonds is 6. The summed E-state index contributed by atoms with van der Waals surface area (Å²) in [5, 5.41) is 15.5. The molecule has 0 saturated heterocycles. The fourth-order valence-corrected chi connectivity index (χ4v) is 2.92. The van der Waals surface area contributed by atoms with Crippen LogP contribution >= 0.6 is 0 Å². The van der Waals surface area contributed by atoms with Crippen molar-refractivity contribution < 1.29 is 9.90 Å². The molecule has 134 valence electrons. The summed E-state index contributed by atoms with van der Waals surface area (Å²) in [6.07, 6.45) is 0. The lowest BCUT2D eigenvalue weighted by Crippen LogP contribution is -2.35. The Morgan fingerprint density at radius 2 is 1.48 bits per heavy atom. The second-order valence-corrected chi connectivity index (χ2v) is 6.87. The molecule has 4 nitrogen and oxygen atoms in total. The van der Waals surface area contributed by atoms with Crippen molar-refractivity contribution in [2.45, 2.75) is 45.6 Å². The molecular formula is C21H28N2O2. The van der Waals surface area contributed by atoms with E-state index in [1.807, 2.05) is 48.5 Å². The molecule has 4 heteroatoms. The van der Waals surface area contributed by atoms with E-state index in [4.69, 9.17) is 0 Å². The maximum atomic E-state index is 12.6. The SMILES string of the molecule is CC(C)c1cccc(C(C)C)c1NC(=O)NC(CO)c1ccccc1. The molecule has 0 heterocycles. The van der Waals surface area contributed by atoms with Crippen molar-refractivity contribution >= 4 is 11.7 Å². The van der Waals surface area contributed by atoms with E-state index >= 15 is 0 Å². The van der Waals surface area contributed by atoms with Gasteiger partial charge in [0.1, 0.15) is 0 Å². The lowest BCUT2D eigenvalue weighted by Gasteiger charge is -2.22. The zero-order chi connectivity index (χ0) is 18.4. The smallest absolute Gasteiger partial charge is 0.319 e. The summed E-state index contributed by atoms with van der Waals surface area (Å²) in [7, 11) is 0. The molecule has 0 saturated carbocycles. The van der Waals surface area contributed by atoms with Crippen molar-refractivity contribution in [3.05, 3.63) is 65.2 Å². The molecule has 0 aromatic heterocycles. The molecule has 0 aliphatic carbocycles. The van der Waals surface area contributed by atoms with Crippen LogP contribution in [0.4, 0.5) is 10.5 Å². The van der Waals surface area contributed by atoms with Crippen LogP contribution in [-0.2, 0) is 0 Å². The molecule has 0 bridgehead atoms. The Hall–Kier alpha value is -2.33. The number of amides is 2. The van der Waals surface area contributed by atoms with Gasteiger partial charge in [0.15, 0.2) is 0 Å². The van der Waals surface area contributed by atoms with Crippen molar-refractivity contribution in [3.63, 3.8) is 0 Å². The number of carbonyl (C=O) groups is 1. The van der Waals surface area contributed by atoms with Crippen LogP contribution in [0.5, 0.6) is 0 Å². The fourth-order valence-electron chi connectivity index (χ4n) is 2.92. The van der Waals surface area contributed by atoms with Crippen LogP contribution in [0.3, 0.4) is 0 Å². The van der Waals surface area contributed by atoms with Gasteiger partial charge in [0.2, 0.25) is 0 Å². The highest BCUT2D eigenvalue weighted by molar-refractivity contribution is 5.91. The number of aliphatic hydroxyl groups excluding tert-OH is 1. The van der Waals surface area contributed by atoms with E-state index in [-0.39, 0.29) is 12.6 Å². The zero-order valence-electron chi connectivity index (χ0n) is 15.4. The topological polar surface area (TPSA) is 61.4 Å². The highest BCUT2D eigenvalue weighted by Crippen LogP contribution is 2.32. The number of para-hydroxylation sites is 1. The van der Waals surface area contributed by atoms with Gasteiger partial charge in [-0.3, -0.25) is 0 Å². The molecule has 1 unspecified atom stereocenters. The normalized spacial score (nSPS) is 12.3. The minimum Gasteiger partial charge on any atom is -0.394 e. The second-order valence-electron chi connectivity index (χ2n) is 6.87. The highest BCUT2D eigenvalue weighted by Gasteiger charge is 2.18. The number of urea groups is 1. The van der Waals surface area contributed by atoms with Gasteiger partial charge in [-0.05, 0) is 28.5 Å². The summed E-state index contributed by atoms with van der Waals surface area (Å²) < 4.78 is 0. The minimum atomic E-state index is -0.435. The van der Waals surface area contributed by atoms with Gasteiger partial charge < -0.3 is 15.7 Å². The lowest BCUT2D eigenvalue weighted by atomic mass is 9.93. The largest absolute Gasteiger partial charge is 0.394 e. The van der Waals surface area contributed by atoms with E-state index in [9.17, 15) is 9.90 Å². The van der Waals surface area contributed by atoms with Crippen LogP contribution in [0.15, 0.2) is 48.5 Å². The van der Waals surface area contributed by atoms with Crippen LogP contribution in [0.2, 0.25) is 0 Å². The molecule has 2 aromatic rings. The van der Waals surface area contributed by atoms with Gasteiger partial charge >= 0.3 is 6.03 Å². The monoisotopic (exact) mass is 340 g/mol. The van der Waals surface area contributed by atoms with Crippen molar-refractivity contribution in [3.8, 4) is 0 Å². The van der Waals surface area contributed by atoms with Crippen LogP contribution in [0.25, 0.3) is 0 Å². The number of anilines is 1. The Labute approximate surface area is 150 Å². The van der Waals surface area contributed by atoms with Crippen molar-refractivity contribution in [1.29, 1.82) is 0 Å². The first kappa shape index (κ1) is 19.0. The number of carbonyl (C=O) groups excluding carboxylic acids is 1. The first-order chi connectivity index (χ1) is 11.9. The van der Waals surface area contributed by atoms with Crippen molar-refractivity contribution in [2.24, 2.45) is 0 Å². The number of benzene rings is 2. The quantitative estimate of drug-likeness (QED) is 0.708. The van der Waals surface area contributed by atoms with Gasteiger partial charge in [-0.15, -0.1) is 0 Å². The van der Waals surface area contributed by atoms with Crippen molar-refractivity contribution in [1.82, 2.24) is 5.32 Å². The molecule has 0 spiro atoms. The average molecular weight is 340 g/mol. The molecule has 2 amide bonds. The summed E-state index contributed by atoms with van der Waals surface area (Å²) in [5.41, 5.74) is 3.97.